The fourth-order valence-corrected chi connectivity index (χ4v) is 9.76. The molecule has 1 radical (unpaired) electrons. The van der Waals surface area contributed by atoms with Crippen molar-refractivity contribution in [3.63, 3.8) is 0 Å². The van der Waals surface area contributed by atoms with Crippen LogP contribution in [-0.2, 0) is 0 Å². The van der Waals surface area contributed by atoms with Crippen molar-refractivity contribution in [2.24, 2.45) is 0 Å². The van der Waals surface area contributed by atoms with Crippen LogP contribution < -0.4 is 11.2 Å². The first kappa shape index (κ1) is 9.75. The maximum absolute atomic E-state index is 5.93. The van der Waals surface area contributed by atoms with E-state index in [0.29, 0.717) is 0 Å². The minimum atomic E-state index is -3.04. The molecule has 2 aliphatic heterocycles. The molecular weight excluding hydrogens is 299 g/mol. The van der Waals surface area contributed by atoms with E-state index in [1.165, 1.54) is 0 Å². The number of para-hydroxylation sites is 3. The van der Waals surface area contributed by atoms with E-state index in [1.807, 2.05) is 48.5 Å². The van der Waals surface area contributed by atoms with E-state index >= 15 is 0 Å². The molecule has 17 heavy (non-hydrogen) atoms. The zero-order chi connectivity index (χ0) is 11.3. The molecule has 0 aromatic heterocycles. The Bertz CT molecular complexity index is 495. The standard InChI is InChI=1S/C12H8AsO3S/c1-2-6-10-9(5-1)14-13(15-10)16-11-7-3-4-8-12(11)17-13/h1-8H. The summed E-state index contributed by atoms with van der Waals surface area (Å²) >= 11 is -3.04. The van der Waals surface area contributed by atoms with E-state index in [4.69, 9.17) is 11.2 Å². The number of benzene rings is 2. The second-order valence-corrected chi connectivity index (χ2v) is 10.8. The molecular formula is C12H8AsO3S. The van der Waals surface area contributed by atoms with Crippen molar-refractivity contribution >= 4 is 23.4 Å². The number of fused-ring (bicyclic) bond motifs is 2. The Kier molecular flexibility index (Phi) is 1.93. The van der Waals surface area contributed by atoms with E-state index in [0.717, 1.165) is 22.1 Å². The van der Waals surface area contributed by atoms with Gasteiger partial charge >= 0.3 is 105 Å². The zero-order valence-corrected chi connectivity index (χ0v) is 11.4. The number of hydrogen-bond donors (Lipinski definition) is 0. The molecule has 0 bridgehead atoms. The Morgan fingerprint density at radius 1 is 0.706 bits per heavy atom. The first-order valence-corrected chi connectivity index (χ1v) is 10.6. The fraction of sp³-hybridized carbons (Fsp3) is 0. The van der Waals surface area contributed by atoms with Crippen LogP contribution in [0.15, 0.2) is 53.4 Å². The molecule has 0 atom stereocenters. The van der Waals surface area contributed by atoms with Crippen molar-refractivity contribution in [3.8, 4) is 17.2 Å². The Labute approximate surface area is 105 Å². The van der Waals surface area contributed by atoms with Crippen molar-refractivity contribution < 1.29 is 11.2 Å². The molecule has 2 aromatic rings. The number of rotatable bonds is 0. The van der Waals surface area contributed by atoms with Gasteiger partial charge in [-0.15, -0.1) is 0 Å². The van der Waals surface area contributed by atoms with Gasteiger partial charge in [0.1, 0.15) is 0 Å². The molecule has 85 valence electrons. The third kappa shape index (κ3) is 1.44. The molecule has 3 nitrogen and oxygen atoms in total. The summed E-state index contributed by atoms with van der Waals surface area (Å²) in [5, 5.41) is 0. The van der Waals surface area contributed by atoms with E-state index in [-0.39, 0.29) is 0 Å². The van der Waals surface area contributed by atoms with Gasteiger partial charge in [-0.25, -0.2) is 0 Å². The first-order chi connectivity index (χ1) is 8.35. The second-order valence-electron chi connectivity index (χ2n) is 3.71. The molecule has 4 rings (SSSR count). The SMILES string of the molecule is c1ccc2c(c1)O[As]1(O2)Oc2ccccc2S1. The Balaban J connectivity index is 1.72. The Morgan fingerprint density at radius 2 is 1.24 bits per heavy atom. The van der Waals surface area contributed by atoms with Crippen LogP contribution in [0.1, 0.15) is 0 Å². The topological polar surface area (TPSA) is 27.7 Å². The van der Waals surface area contributed by atoms with Crippen LogP contribution in [0, 0.1) is 0 Å². The van der Waals surface area contributed by atoms with Gasteiger partial charge in [-0.05, 0) is 0 Å². The molecule has 5 heteroatoms. The van der Waals surface area contributed by atoms with Gasteiger partial charge in [0.25, 0.3) is 0 Å². The first-order valence-electron chi connectivity index (χ1n) is 5.20. The molecule has 0 aliphatic carbocycles. The summed E-state index contributed by atoms with van der Waals surface area (Å²) in [4.78, 5) is 1.10. The third-order valence-electron chi connectivity index (χ3n) is 2.54. The van der Waals surface area contributed by atoms with E-state index in [2.05, 4.69) is 0 Å². The van der Waals surface area contributed by atoms with E-state index < -0.39 is 13.4 Å². The summed E-state index contributed by atoms with van der Waals surface area (Å²) in [6, 6.07) is 15.6. The summed E-state index contributed by atoms with van der Waals surface area (Å²) in [7, 11) is 1.61. The fourth-order valence-electron chi connectivity index (χ4n) is 1.80. The van der Waals surface area contributed by atoms with Crippen LogP contribution in [0.3, 0.4) is 0 Å². The van der Waals surface area contributed by atoms with Crippen molar-refractivity contribution in [2.75, 3.05) is 0 Å². The van der Waals surface area contributed by atoms with Gasteiger partial charge in [0, 0.05) is 0 Å². The van der Waals surface area contributed by atoms with Crippen molar-refractivity contribution in [3.05, 3.63) is 48.5 Å². The van der Waals surface area contributed by atoms with Crippen molar-refractivity contribution in [1.29, 1.82) is 0 Å². The summed E-state index contributed by atoms with van der Waals surface area (Å²) in [5.74, 6) is 2.46. The summed E-state index contributed by atoms with van der Waals surface area (Å²) in [6.45, 7) is 0. The van der Waals surface area contributed by atoms with E-state index in [9.17, 15) is 0 Å². The number of hydrogen-bond acceptors (Lipinski definition) is 4. The average molecular weight is 307 g/mol. The van der Waals surface area contributed by atoms with Gasteiger partial charge in [-0.1, -0.05) is 0 Å². The predicted molar refractivity (Wildman–Crippen MR) is 66.4 cm³/mol. The van der Waals surface area contributed by atoms with Gasteiger partial charge in [0.15, 0.2) is 0 Å². The molecule has 0 fully saturated rings. The molecule has 0 N–H and O–H groups in total. The van der Waals surface area contributed by atoms with Gasteiger partial charge in [0.2, 0.25) is 0 Å². The van der Waals surface area contributed by atoms with Crippen LogP contribution in [0.25, 0.3) is 0 Å². The third-order valence-corrected chi connectivity index (χ3v) is 9.75. The van der Waals surface area contributed by atoms with Crippen LogP contribution in [0.4, 0.5) is 0 Å². The molecule has 0 saturated carbocycles. The summed E-state index contributed by atoms with van der Waals surface area (Å²) in [6.07, 6.45) is 0. The molecule has 0 saturated heterocycles. The normalized spacial score (nSPS) is 17.9. The molecule has 1 spiro atoms. The van der Waals surface area contributed by atoms with Crippen LogP contribution in [0.5, 0.6) is 17.2 Å². The summed E-state index contributed by atoms with van der Waals surface area (Å²) in [5.41, 5.74) is 0. The van der Waals surface area contributed by atoms with Gasteiger partial charge in [0.05, 0.1) is 0 Å². The monoisotopic (exact) mass is 307 g/mol. The quantitative estimate of drug-likeness (QED) is 0.699. The predicted octanol–water partition coefficient (Wildman–Crippen LogP) is 3.08. The van der Waals surface area contributed by atoms with Gasteiger partial charge in [-0.3, -0.25) is 0 Å². The molecule has 2 aromatic carbocycles. The Hall–Kier alpha value is -1.25. The maximum atomic E-state index is 5.93. The second kappa shape index (κ2) is 3.37. The molecule has 2 heterocycles. The Morgan fingerprint density at radius 3 is 1.88 bits per heavy atom. The van der Waals surface area contributed by atoms with Crippen molar-refractivity contribution in [2.45, 2.75) is 4.90 Å². The van der Waals surface area contributed by atoms with Crippen LogP contribution in [-0.4, -0.2) is 13.4 Å². The summed E-state index contributed by atoms with van der Waals surface area (Å²) < 4.78 is 17.8. The van der Waals surface area contributed by atoms with Gasteiger partial charge in [-0.2, -0.15) is 0 Å². The van der Waals surface area contributed by atoms with Crippen molar-refractivity contribution in [1.82, 2.24) is 0 Å². The van der Waals surface area contributed by atoms with Crippen LogP contribution in [0.2, 0.25) is 0 Å². The van der Waals surface area contributed by atoms with Crippen LogP contribution >= 0.6 is 10.0 Å². The minimum absolute atomic E-state index is 0.792. The molecule has 0 unspecified atom stereocenters. The zero-order valence-electron chi connectivity index (χ0n) is 8.70. The average Bonchev–Trinajstić information content (AvgIpc) is 2.87. The van der Waals surface area contributed by atoms with E-state index in [1.54, 1.807) is 10.0 Å². The molecule has 2 aliphatic rings. The molecule has 0 amide bonds. The van der Waals surface area contributed by atoms with Gasteiger partial charge < -0.3 is 0 Å².